The molecule has 158 valence electrons. The molecule has 0 spiro atoms. The number of carboxylic acids is 1. The van der Waals surface area contributed by atoms with Gasteiger partial charge in [-0.3, -0.25) is 4.79 Å². The van der Waals surface area contributed by atoms with Crippen molar-refractivity contribution in [2.24, 2.45) is 4.99 Å². The smallest absolute Gasteiger partial charge is 0.326 e. The van der Waals surface area contributed by atoms with E-state index in [0.717, 1.165) is 23.1 Å². The van der Waals surface area contributed by atoms with Crippen LogP contribution in [0, 0.1) is 6.92 Å². The average molecular weight is 427 g/mol. The van der Waals surface area contributed by atoms with Gasteiger partial charge in [-0.15, -0.1) is 0 Å². The van der Waals surface area contributed by atoms with Gasteiger partial charge in [-0.1, -0.05) is 49.3 Å². The number of carbonyl (C=O) groups is 2. The summed E-state index contributed by atoms with van der Waals surface area (Å²) in [7, 11) is 0. The molecule has 1 aromatic heterocycles. The summed E-state index contributed by atoms with van der Waals surface area (Å²) in [5, 5.41) is 9.78. The van der Waals surface area contributed by atoms with Gasteiger partial charge in [-0.05, 0) is 44.0 Å². The number of carboxylic acid groups (broad SMARTS) is 1. The number of carbonyl (C=O) groups excluding carboxylic acids is 1. The number of thiazole rings is 1. The standard InChI is InChI=1S/C23H26N2O4S/c1-4-6-13-29-17-11-12-20-19(14-17)25(18(5-2)22(27)28)23(30-20)24-21(26)16-9-7-15(3)8-10-16/h7-12,14,18H,4-6,13H2,1-3H3,(H,27,28). The van der Waals surface area contributed by atoms with Crippen LogP contribution in [-0.2, 0) is 4.79 Å². The quantitative estimate of drug-likeness (QED) is 0.516. The minimum absolute atomic E-state index is 0.369. The molecule has 0 saturated heterocycles. The fraction of sp³-hybridized carbons (Fsp3) is 0.348. The van der Waals surface area contributed by atoms with Gasteiger partial charge >= 0.3 is 5.97 Å². The maximum absolute atomic E-state index is 12.7. The van der Waals surface area contributed by atoms with Crippen LogP contribution in [0.1, 0.15) is 55.1 Å². The first-order valence-electron chi connectivity index (χ1n) is 10.1. The normalized spacial score (nSPS) is 12.8. The molecular weight excluding hydrogens is 400 g/mol. The van der Waals surface area contributed by atoms with Crippen molar-refractivity contribution in [2.45, 2.75) is 46.1 Å². The highest BCUT2D eigenvalue weighted by Gasteiger charge is 2.22. The molecule has 1 N–H and O–H groups in total. The Morgan fingerprint density at radius 3 is 2.53 bits per heavy atom. The number of aryl methyl sites for hydroxylation is 1. The molecule has 2 aromatic carbocycles. The van der Waals surface area contributed by atoms with Crippen molar-refractivity contribution in [2.75, 3.05) is 6.61 Å². The molecule has 6 nitrogen and oxygen atoms in total. The third-order valence-corrected chi connectivity index (χ3v) is 5.88. The maximum Gasteiger partial charge on any atom is 0.326 e. The zero-order valence-corrected chi connectivity index (χ0v) is 18.2. The van der Waals surface area contributed by atoms with Gasteiger partial charge in [0, 0.05) is 11.6 Å². The summed E-state index contributed by atoms with van der Waals surface area (Å²) >= 11 is 1.30. The highest BCUT2D eigenvalue weighted by molar-refractivity contribution is 7.16. The second-order valence-corrected chi connectivity index (χ2v) is 8.14. The minimum Gasteiger partial charge on any atom is -0.494 e. The summed E-state index contributed by atoms with van der Waals surface area (Å²) in [6, 6.07) is 11.9. The van der Waals surface area contributed by atoms with Crippen molar-refractivity contribution in [3.63, 3.8) is 0 Å². The van der Waals surface area contributed by atoms with E-state index in [1.165, 1.54) is 11.3 Å². The lowest BCUT2D eigenvalue weighted by Gasteiger charge is -2.14. The molecule has 1 heterocycles. The van der Waals surface area contributed by atoms with E-state index in [1.807, 2.05) is 44.2 Å². The number of aromatic nitrogens is 1. The highest BCUT2D eigenvalue weighted by atomic mass is 32.1. The molecule has 1 atom stereocenters. The van der Waals surface area contributed by atoms with E-state index in [-0.39, 0.29) is 0 Å². The predicted molar refractivity (Wildman–Crippen MR) is 118 cm³/mol. The largest absolute Gasteiger partial charge is 0.494 e. The number of benzene rings is 2. The van der Waals surface area contributed by atoms with Gasteiger partial charge in [0.25, 0.3) is 5.91 Å². The SMILES string of the molecule is CCCCOc1ccc2sc(=NC(=O)c3ccc(C)cc3)n(C(CC)C(=O)O)c2c1. The number of hydrogen-bond donors (Lipinski definition) is 1. The molecule has 0 aliphatic rings. The number of fused-ring (bicyclic) bond motifs is 1. The summed E-state index contributed by atoms with van der Waals surface area (Å²) in [6.07, 6.45) is 2.34. The number of amides is 1. The van der Waals surface area contributed by atoms with Gasteiger partial charge in [-0.2, -0.15) is 4.99 Å². The molecule has 7 heteroatoms. The van der Waals surface area contributed by atoms with Crippen LogP contribution < -0.4 is 9.54 Å². The molecule has 30 heavy (non-hydrogen) atoms. The van der Waals surface area contributed by atoms with E-state index in [4.69, 9.17) is 4.74 Å². The lowest BCUT2D eigenvalue weighted by atomic mass is 10.1. The fourth-order valence-corrected chi connectivity index (χ4v) is 4.19. The zero-order valence-electron chi connectivity index (χ0n) is 17.4. The molecule has 0 saturated carbocycles. The molecule has 0 fully saturated rings. The van der Waals surface area contributed by atoms with Gasteiger partial charge in [0.1, 0.15) is 11.8 Å². The van der Waals surface area contributed by atoms with E-state index in [1.54, 1.807) is 16.7 Å². The summed E-state index contributed by atoms with van der Waals surface area (Å²) in [4.78, 5) is 29.3. The van der Waals surface area contributed by atoms with Crippen molar-refractivity contribution >= 4 is 33.4 Å². The summed E-state index contributed by atoms with van der Waals surface area (Å²) in [5.74, 6) is -0.673. The number of unbranched alkanes of at least 4 members (excludes halogenated alkanes) is 1. The summed E-state index contributed by atoms with van der Waals surface area (Å²) in [6.45, 7) is 6.45. The van der Waals surface area contributed by atoms with E-state index in [9.17, 15) is 14.7 Å². The number of nitrogens with zero attached hydrogens (tertiary/aromatic N) is 2. The van der Waals surface area contributed by atoms with Gasteiger partial charge < -0.3 is 14.4 Å². The van der Waals surface area contributed by atoms with Crippen LogP contribution in [0.2, 0.25) is 0 Å². The van der Waals surface area contributed by atoms with E-state index in [2.05, 4.69) is 11.9 Å². The minimum atomic E-state index is -0.960. The predicted octanol–water partition coefficient (Wildman–Crippen LogP) is 4.97. The van der Waals surface area contributed by atoms with Crippen LogP contribution in [0.4, 0.5) is 0 Å². The van der Waals surface area contributed by atoms with Crippen LogP contribution in [-0.4, -0.2) is 28.2 Å². The number of hydrogen-bond acceptors (Lipinski definition) is 4. The lowest BCUT2D eigenvalue weighted by molar-refractivity contribution is -0.140. The first-order chi connectivity index (χ1) is 14.4. The maximum atomic E-state index is 12.7. The third-order valence-electron chi connectivity index (χ3n) is 4.84. The Morgan fingerprint density at radius 2 is 1.90 bits per heavy atom. The molecule has 3 rings (SSSR count). The monoisotopic (exact) mass is 426 g/mol. The topological polar surface area (TPSA) is 80.9 Å². The number of ether oxygens (including phenoxy) is 1. The highest BCUT2D eigenvalue weighted by Crippen LogP contribution is 2.27. The van der Waals surface area contributed by atoms with Crippen molar-refractivity contribution in [3.8, 4) is 5.75 Å². The Bertz CT molecular complexity index is 1110. The van der Waals surface area contributed by atoms with Gasteiger partial charge in [0.05, 0.1) is 16.8 Å². The number of aliphatic carboxylic acids is 1. The Kier molecular flexibility index (Phi) is 7.05. The Labute approximate surface area is 179 Å². The van der Waals surface area contributed by atoms with Crippen LogP contribution in [0.25, 0.3) is 10.2 Å². The average Bonchev–Trinajstić information content (AvgIpc) is 3.06. The third kappa shape index (κ3) is 4.79. The molecule has 0 radical (unpaired) electrons. The Hall–Kier alpha value is -2.93. The first-order valence-corrected chi connectivity index (χ1v) is 10.9. The van der Waals surface area contributed by atoms with Crippen molar-refractivity contribution < 1.29 is 19.4 Å². The van der Waals surface area contributed by atoms with Gasteiger partial charge in [-0.25, -0.2) is 4.79 Å². The van der Waals surface area contributed by atoms with Gasteiger partial charge in [0.15, 0.2) is 4.80 Å². The Balaban J connectivity index is 2.13. The van der Waals surface area contributed by atoms with E-state index < -0.39 is 17.9 Å². The van der Waals surface area contributed by atoms with Crippen molar-refractivity contribution in [3.05, 3.63) is 58.4 Å². The molecule has 1 amide bonds. The number of rotatable bonds is 8. The second-order valence-electron chi connectivity index (χ2n) is 7.13. The second kappa shape index (κ2) is 9.71. The Morgan fingerprint density at radius 1 is 1.17 bits per heavy atom. The summed E-state index contributed by atoms with van der Waals surface area (Å²) in [5.41, 5.74) is 2.23. The van der Waals surface area contributed by atoms with Crippen molar-refractivity contribution in [1.82, 2.24) is 4.57 Å². The first kappa shape index (κ1) is 21.8. The van der Waals surface area contributed by atoms with Crippen LogP contribution in [0.3, 0.4) is 0 Å². The van der Waals surface area contributed by atoms with Crippen LogP contribution in [0.5, 0.6) is 5.75 Å². The van der Waals surface area contributed by atoms with E-state index >= 15 is 0 Å². The van der Waals surface area contributed by atoms with Crippen LogP contribution in [0.15, 0.2) is 47.5 Å². The van der Waals surface area contributed by atoms with Crippen LogP contribution >= 0.6 is 11.3 Å². The molecule has 0 aliphatic heterocycles. The molecule has 3 aromatic rings. The molecular formula is C23H26N2O4S. The zero-order chi connectivity index (χ0) is 21.7. The molecule has 0 bridgehead atoms. The van der Waals surface area contributed by atoms with E-state index in [0.29, 0.717) is 34.7 Å². The molecule has 1 unspecified atom stereocenters. The summed E-state index contributed by atoms with van der Waals surface area (Å²) < 4.78 is 8.30. The fourth-order valence-electron chi connectivity index (χ4n) is 3.14. The lowest BCUT2D eigenvalue weighted by Crippen LogP contribution is -2.27. The van der Waals surface area contributed by atoms with Crippen molar-refractivity contribution in [1.29, 1.82) is 0 Å². The molecule has 0 aliphatic carbocycles. The van der Waals surface area contributed by atoms with Gasteiger partial charge in [0.2, 0.25) is 0 Å².